The van der Waals surface area contributed by atoms with Crippen LogP contribution in [0.4, 0.5) is 9.18 Å². The molecule has 2 rings (SSSR count). The van der Waals surface area contributed by atoms with E-state index in [-0.39, 0.29) is 6.03 Å². The highest BCUT2D eigenvalue weighted by atomic mass is 19.1. The molecule has 1 N–H and O–H groups in total. The summed E-state index contributed by atoms with van der Waals surface area (Å²) in [4.78, 5) is 17.8. The molecule has 0 fully saturated rings. The summed E-state index contributed by atoms with van der Waals surface area (Å²) in [7, 11) is 0. The summed E-state index contributed by atoms with van der Waals surface area (Å²) in [5.74, 6) is -0.391. The Morgan fingerprint density at radius 2 is 2.04 bits per heavy atom. The van der Waals surface area contributed by atoms with Crippen LogP contribution in [0.25, 0.3) is 0 Å². The highest BCUT2D eigenvalue weighted by Crippen LogP contribution is 2.21. The summed E-state index contributed by atoms with van der Waals surface area (Å²) in [6.45, 7) is 16.6. The third-order valence-electron chi connectivity index (χ3n) is 3.79. The number of halogens is 1. The number of hydrogen-bond acceptors (Lipinski definition) is 2. The largest absolute Gasteiger partial charge is 0.322 e. The van der Waals surface area contributed by atoms with Crippen molar-refractivity contribution in [2.24, 2.45) is 0 Å². The molecule has 0 unspecified atom stereocenters. The van der Waals surface area contributed by atoms with E-state index < -0.39 is 5.82 Å². The standard InChI is InChI=1S/C19H22FN3O.C2H6/c1-5-6-13(2)14(3)7-8-15(4)22-19(24)23-11-16-9-17(20)10-21-18(16)12-23;1-2/h6-10H,3-5,11-12H2,1-2H3,(H,22,24);1-2H3/b8-7-,13-6+;. The van der Waals surface area contributed by atoms with E-state index in [9.17, 15) is 9.18 Å². The van der Waals surface area contributed by atoms with E-state index >= 15 is 0 Å². The Balaban J connectivity index is 0.00000163. The van der Waals surface area contributed by atoms with Crippen LogP contribution in [0.5, 0.6) is 0 Å². The molecule has 0 spiro atoms. The van der Waals surface area contributed by atoms with Crippen molar-refractivity contribution in [2.45, 2.75) is 47.2 Å². The Morgan fingerprint density at radius 3 is 2.69 bits per heavy atom. The molecule has 1 aliphatic heterocycles. The van der Waals surface area contributed by atoms with Gasteiger partial charge in [-0.2, -0.15) is 0 Å². The third-order valence-corrected chi connectivity index (χ3v) is 3.79. The minimum atomic E-state index is -0.391. The lowest BCUT2D eigenvalue weighted by molar-refractivity contribution is 0.201. The average Bonchev–Trinajstić information content (AvgIpc) is 3.04. The van der Waals surface area contributed by atoms with Crippen molar-refractivity contribution in [2.75, 3.05) is 0 Å². The van der Waals surface area contributed by atoms with Gasteiger partial charge in [-0.3, -0.25) is 4.98 Å². The van der Waals surface area contributed by atoms with Crippen LogP contribution in [0.1, 0.15) is 45.4 Å². The molecule has 0 saturated heterocycles. The first-order valence-electron chi connectivity index (χ1n) is 8.83. The van der Waals surface area contributed by atoms with Crippen LogP contribution >= 0.6 is 0 Å². The van der Waals surface area contributed by atoms with Crippen molar-refractivity contribution in [1.29, 1.82) is 0 Å². The first-order valence-corrected chi connectivity index (χ1v) is 8.83. The highest BCUT2D eigenvalue weighted by molar-refractivity contribution is 5.77. The fourth-order valence-corrected chi connectivity index (χ4v) is 2.40. The monoisotopic (exact) mass is 357 g/mol. The zero-order chi connectivity index (χ0) is 19.7. The van der Waals surface area contributed by atoms with E-state index in [1.165, 1.54) is 12.3 Å². The molecule has 2 heterocycles. The predicted octanol–water partition coefficient (Wildman–Crippen LogP) is 5.25. The second-order valence-electron chi connectivity index (χ2n) is 5.72. The highest BCUT2D eigenvalue weighted by Gasteiger charge is 2.24. The number of rotatable bonds is 5. The number of nitrogens with zero attached hydrogens (tertiary/aromatic N) is 2. The summed E-state index contributed by atoms with van der Waals surface area (Å²) in [5.41, 5.74) is 3.90. The van der Waals surface area contributed by atoms with Crippen molar-refractivity contribution in [3.63, 3.8) is 0 Å². The van der Waals surface area contributed by atoms with Gasteiger partial charge in [0.25, 0.3) is 0 Å². The maximum atomic E-state index is 13.2. The summed E-state index contributed by atoms with van der Waals surface area (Å²) in [6, 6.07) is 1.13. The summed E-state index contributed by atoms with van der Waals surface area (Å²) < 4.78 is 13.2. The number of urea groups is 1. The van der Waals surface area contributed by atoms with Gasteiger partial charge in [0.05, 0.1) is 18.4 Å². The van der Waals surface area contributed by atoms with Gasteiger partial charge in [-0.25, -0.2) is 9.18 Å². The summed E-state index contributed by atoms with van der Waals surface area (Å²) >= 11 is 0. The summed E-state index contributed by atoms with van der Waals surface area (Å²) in [5, 5.41) is 2.72. The number of fused-ring (bicyclic) bond motifs is 1. The molecule has 0 bridgehead atoms. The van der Waals surface area contributed by atoms with Crippen molar-refractivity contribution < 1.29 is 9.18 Å². The molecular formula is C21H28FN3O. The SMILES string of the molecule is C=C(/C=C\C(=C)/C(C)=C/CC)NC(=O)N1Cc2cc(F)cnc2C1.CC. The molecule has 2 amide bonds. The van der Waals surface area contributed by atoms with Crippen LogP contribution in [0.2, 0.25) is 0 Å². The first-order chi connectivity index (χ1) is 12.4. The molecular weight excluding hydrogens is 329 g/mol. The van der Waals surface area contributed by atoms with Crippen LogP contribution in [0.3, 0.4) is 0 Å². The molecule has 1 aromatic rings. The minimum Gasteiger partial charge on any atom is -0.314 e. The number of aromatic nitrogens is 1. The predicted molar refractivity (Wildman–Crippen MR) is 105 cm³/mol. The van der Waals surface area contributed by atoms with Crippen molar-refractivity contribution in [3.05, 3.63) is 77.6 Å². The van der Waals surface area contributed by atoms with E-state index in [0.29, 0.717) is 18.8 Å². The lowest BCUT2D eigenvalue weighted by Gasteiger charge is -2.16. The third kappa shape index (κ3) is 5.99. The fourth-order valence-electron chi connectivity index (χ4n) is 2.40. The molecule has 0 aromatic carbocycles. The van der Waals surface area contributed by atoms with Crippen LogP contribution < -0.4 is 5.32 Å². The van der Waals surface area contributed by atoms with Crippen LogP contribution in [0, 0.1) is 5.82 Å². The molecule has 0 radical (unpaired) electrons. The number of allylic oxidation sites excluding steroid dienone is 5. The Bertz CT molecular complexity index is 735. The minimum absolute atomic E-state index is 0.283. The molecule has 26 heavy (non-hydrogen) atoms. The van der Waals surface area contributed by atoms with E-state index in [1.54, 1.807) is 11.0 Å². The van der Waals surface area contributed by atoms with Crippen molar-refractivity contribution in [1.82, 2.24) is 15.2 Å². The van der Waals surface area contributed by atoms with Gasteiger partial charge < -0.3 is 10.2 Å². The van der Waals surface area contributed by atoms with Gasteiger partial charge >= 0.3 is 6.03 Å². The van der Waals surface area contributed by atoms with Crippen LogP contribution in [0.15, 0.2) is 60.5 Å². The molecule has 0 aliphatic carbocycles. The van der Waals surface area contributed by atoms with Crippen molar-refractivity contribution >= 4 is 6.03 Å². The van der Waals surface area contributed by atoms with Gasteiger partial charge in [-0.05, 0) is 42.2 Å². The number of pyridine rings is 1. The van der Waals surface area contributed by atoms with Gasteiger partial charge in [-0.15, -0.1) is 0 Å². The molecule has 1 aliphatic rings. The number of carbonyl (C=O) groups excluding carboxylic acids is 1. The first kappa shape index (κ1) is 21.4. The van der Waals surface area contributed by atoms with Gasteiger partial charge in [-0.1, -0.05) is 46.1 Å². The quantitative estimate of drug-likeness (QED) is 0.731. The number of hydrogen-bond donors (Lipinski definition) is 1. The number of carbonyl (C=O) groups is 1. The van der Waals surface area contributed by atoms with Gasteiger partial charge in [0.2, 0.25) is 0 Å². The maximum Gasteiger partial charge on any atom is 0.322 e. The van der Waals surface area contributed by atoms with Gasteiger partial charge in [0.15, 0.2) is 0 Å². The molecule has 0 saturated carbocycles. The molecule has 1 aromatic heterocycles. The van der Waals surface area contributed by atoms with Gasteiger partial charge in [0.1, 0.15) is 5.82 Å². The van der Waals surface area contributed by atoms with Crippen LogP contribution in [-0.2, 0) is 13.1 Å². The van der Waals surface area contributed by atoms with E-state index in [1.807, 2.05) is 26.8 Å². The normalized spacial score (nSPS) is 13.1. The fraction of sp³-hybridized carbons (Fsp3) is 0.333. The Hall–Kier alpha value is -2.69. The maximum absolute atomic E-state index is 13.2. The molecule has 140 valence electrons. The van der Waals surface area contributed by atoms with Crippen molar-refractivity contribution in [3.8, 4) is 0 Å². The number of amides is 2. The smallest absolute Gasteiger partial charge is 0.314 e. The summed E-state index contributed by atoms with van der Waals surface area (Å²) in [6.07, 6.45) is 7.73. The molecule has 5 heteroatoms. The second-order valence-corrected chi connectivity index (χ2v) is 5.72. The van der Waals surface area contributed by atoms with E-state index in [4.69, 9.17) is 0 Å². The molecule has 0 atom stereocenters. The lowest BCUT2D eigenvalue weighted by atomic mass is 10.1. The van der Waals surface area contributed by atoms with Gasteiger partial charge in [0, 0.05) is 12.2 Å². The zero-order valence-corrected chi connectivity index (χ0v) is 16.1. The Labute approximate surface area is 155 Å². The average molecular weight is 357 g/mol. The second kappa shape index (κ2) is 10.3. The molecule has 4 nitrogen and oxygen atoms in total. The Morgan fingerprint density at radius 1 is 1.35 bits per heavy atom. The topological polar surface area (TPSA) is 45.2 Å². The van der Waals surface area contributed by atoms with Crippen LogP contribution in [-0.4, -0.2) is 15.9 Å². The van der Waals surface area contributed by atoms with E-state index in [2.05, 4.69) is 36.5 Å². The zero-order valence-electron chi connectivity index (χ0n) is 16.1. The number of nitrogens with one attached hydrogen (secondary N) is 1. The Kier molecular flexibility index (Phi) is 8.49. The van der Waals surface area contributed by atoms with E-state index in [0.717, 1.165) is 28.8 Å². The lowest BCUT2D eigenvalue weighted by Crippen LogP contribution is -2.35.